The molecule has 0 amide bonds. The highest BCUT2D eigenvalue weighted by atomic mass is 32.2. The molecule has 0 N–H and O–H groups in total. The smallest absolute Gasteiger partial charge is 0.330 e. The van der Waals surface area contributed by atoms with Crippen molar-refractivity contribution in [3.63, 3.8) is 0 Å². The van der Waals surface area contributed by atoms with E-state index in [1.165, 1.54) is 11.0 Å². The Bertz CT molecular complexity index is 428. The SMILES string of the molecule is C[C@@H](CCSc1ccccc1)C[C@@H]1CC=CC(=O)O1. The molecule has 1 aliphatic heterocycles. The van der Waals surface area contributed by atoms with Gasteiger partial charge in [-0.25, -0.2) is 4.79 Å². The zero-order valence-electron chi connectivity index (χ0n) is 11.2. The molecule has 102 valence electrons. The standard InChI is InChI=1S/C16H20O2S/c1-13(12-14-6-5-9-16(17)18-14)10-11-19-15-7-3-2-4-8-15/h2-5,7-9,13-14H,6,10-12H2,1H3/t13-,14-/m0/s1. The minimum absolute atomic E-state index is 0.0780. The van der Waals surface area contributed by atoms with Crippen LogP contribution in [0.2, 0.25) is 0 Å². The van der Waals surface area contributed by atoms with Crippen molar-refractivity contribution in [3.8, 4) is 0 Å². The Labute approximate surface area is 119 Å². The third kappa shape index (κ3) is 5.11. The van der Waals surface area contributed by atoms with E-state index in [0.29, 0.717) is 5.92 Å². The van der Waals surface area contributed by atoms with Gasteiger partial charge in [-0.05, 0) is 36.6 Å². The number of benzene rings is 1. The number of ether oxygens (including phenoxy) is 1. The topological polar surface area (TPSA) is 26.3 Å². The molecule has 1 aromatic carbocycles. The van der Waals surface area contributed by atoms with Crippen molar-refractivity contribution in [2.45, 2.75) is 37.2 Å². The molecule has 0 saturated heterocycles. The maximum Gasteiger partial charge on any atom is 0.330 e. The van der Waals surface area contributed by atoms with E-state index in [1.54, 1.807) is 0 Å². The fraction of sp³-hybridized carbons (Fsp3) is 0.438. The summed E-state index contributed by atoms with van der Waals surface area (Å²) in [5.74, 6) is 1.50. The predicted molar refractivity (Wildman–Crippen MR) is 79.2 cm³/mol. The van der Waals surface area contributed by atoms with Crippen molar-refractivity contribution in [1.82, 2.24) is 0 Å². The van der Waals surface area contributed by atoms with Gasteiger partial charge in [0.25, 0.3) is 0 Å². The summed E-state index contributed by atoms with van der Waals surface area (Å²) in [4.78, 5) is 12.5. The van der Waals surface area contributed by atoms with Crippen molar-refractivity contribution in [1.29, 1.82) is 0 Å². The van der Waals surface area contributed by atoms with Gasteiger partial charge < -0.3 is 4.74 Å². The van der Waals surface area contributed by atoms with Crippen LogP contribution in [0.25, 0.3) is 0 Å². The molecule has 1 aliphatic rings. The van der Waals surface area contributed by atoms with Gasteiger partial charge in [-0.3, -0.25) is 0 Å². The van der Waals surface area contributed by atoms with Crippen molar-refractivity contribution in [2.75, 3.05) is 5.75 Å². The molecule has 1 aromatic rings. The van der Waals surface area contributed by atoms with E-state index in [1.807, 2.05) is 23.9 Å². The summed E-state index contributed by atoms with van der Waals surface area (Å²) in [6.45, 7) is 2.23. The van der Waals surface area contributed by atoms with Crippen LogP contribution in [0.15, 0.2) is 47.4 Å². The van der Waals surface area contributed by atoms with Gasteiger partial charge in [0.15, 0.2) is 0 Å². The quantitative estimate of drug-likeness (QED) is 0.579. The molecule has 0 aliphatic carbocycles. The van der Waals surface area contributed by atoms with Crippen LogP contribution in [0.5, 0.6) is 0 Å². The van der Waals surface area contributed by atoms with Crippen LogP contribution in [0.3, 0.4) is 0 Å². The molecule has 0 aromatic heterocycles. The van der Waals surface area contributed by atoms with Crippen molar-refractivity contribution < 1.29 is 9.53 Å². The number of carbonyl (C=O) groups is 1. The highest BCUT2D eigenvalue weighted by Gasteiger charge is 2.18. The van der Waals surface area contributed by atoms with E-state index in [0.717, 1.165) is 25.0 Å². The average molecular weight is 276 g/mol. The summed E-state index contributed by atoms with van der Waals surface area (Å²) < 4.78 is 5.29. The van der Waals surface area contributed by atoms with Crippen LogP contribution >= 0.6 is 11.8 Å². The van der Waals surface area contributed by atoms with E-state index >= 15 is 0 Å². The van der Waals surface area contributed by atoms with E-state index in [2.05, 4.69) is 31.2 Å². The highest BCUT2D eigenvalue weighted by Crippen LogP contribution is 2.23. The Hall–Kier alpha value is -1.22. The van der Waals surface area contributed by atoms with Crippen molar-refractivity contribution in [3.05, 3.63) is 42.5 Å². The van der Waals surface area contributed by atoms with Crippen LogP contribution < -0.4 is 0 Å². The first-order valence-electron chi connectivity index (χ1n) is 6.79. The summed E-state index contributed by atoms with van der Waals surface area (Å²) >= 11 is 1.89. The summed E-state index contributed by atoms with van der Waals surface area (Å²) in [5, 5.41) is 0. The molecule has 19 heavy (non-hydrogen) atoms. The lowest BCUT2D eigenvalue weighted by atomic mass is 9.98. The number of hydrogen-bond donors (Lipinski definition) is 0. The number of cyclic esters (lactones) is 1. The molecular formula is C16H20O2S. The molecule has 0 fully saturated rings. The highest BCUT2D eigenvalue weighted by molar-refractivity contribution is 7.99. The average Bonchev–Trinajstić information content (AvgIpc) is 2.40. The fourth-order valence-corrected chi connectivity index (χ4v) is 3.28. The number of esters is 1. The molecule has 0 unspecified atom stereocenters. The van der Waals surface area contributed by atoms with E-state index in [4.69, 9.17) is 4.74 Å². The zero-order chi connectivity index (χ0) is 13.5. The molecular weight excluding hydrogens is 256 g/mol. The number of hydrogen-bond acceptors (Lipinski definition) is 3. The number of thioether (sulfide) groups is 1. The van der Waals surface area contributed by atoms with Crippen molar-refractivity contribution >= 4 is 17.7 Å². The van der Waals surface area contributed by atoms with Crippen LogP contribution in [-0.2, 0) is 9.53 Å². The predicted octanol–water partition coefficient (Wildman–Crippen LogP) is 4.07. The summed E-state index contributed by atoms with van der Waals surface area (Å²) in [7, 11) is 0. The van der Waals surface area contributed by atoms with Gasteiger partial charge in [-0.2, -0.15) is 0 Å². The molecule has 2 rings (SSSR count). The molecule has 0 bridgehead atoms. The van der Waals surface area contributed by atoms with Crippen LogP contribution in [0.4, 0.5) is 0 Å². The maximum atomic E-state index is 11.1. The fourth-order valence-electron chi connectivity index (χ4n) is 2.17. The number of rotatable bonds is 6. The van der Waals surface area contributed by atoms with Crippen molar-refractivity contribution in [2.24, 2.45) is 5.92 Å². The van der Waals surface area contributed by atoms with E-state index in [-0.39, 0.29) is 12.1 Å². The molecule has 2 atom stereocenters. The second kappa shape index (κ2) is 7.39. The molecule has 1 heterocycles. The number of carbonyl (C=O) groups excluding carboxylic acids is 1. The lowest BCUT2D eigenvalue weighted by Crippen LogP contribution is -2.22. The first-order valence-corrected chi connectivity index (χ1v) is 7.77. The van der Waals surface area contributed by atoms with E-state index < -0.39 is 0 Å². The van der Waals surface area contributed by atoms with Gasteiger partial charge in [-0.1, -0.05) is 31.2 Å². The minimum atomic E-state index is -0.192. The Morgan fingerprint density at radius 1 is 1.37 bits per heavy atom. The monoisotopic (exact) mass is 276 g/mol. The van der Waals surface area contributed by atoms with Gasteiger partial charge in [0.05, 0.1) is 0 Å². The van der Waals surface area contributed by atoms with Crippen LogP contribution in [0.1, 0.15) is 26.2 Å². The maximum absolute atomic E-state index is 11.1. The van der Waals surface area contributed by atoms with Crippen LogP contribution in [0, 0.1) is 5.92 Å². The third-order valence-corrected chi connectivity index (χ3v) is 4.27. The Morgan fingerprint density at radius 3 is 2.89 bits per heavy atom. The lowest BCUT2D eigenvalue weighted by Gasteiger charge is -2.22. The molecule has 0 radical (unpaired) electrons. The minimum Gasteiger partial charge on any atom is -0.459 e. The first kappa shape index (κ1) is 14.2. The van der Waals surface area contributed by atoms with Gasteiger partial charge in [0, 0.05) is 17.4 Å². The largest absolute Gasteiger partial charge is 0.459 e. The van der Waals surface area contributed by atoms with Crippen LogP contribution in [-0.4, -0.2) is 17.8 Å². The molecule has 0 saturated carbocycles. The normalized spacial score (nSPS) is 20.1. The Balaban J connectivity index is 1.66. The second-order valence-corrected chi connectivity index (χ2v) is 6.16. The Morgan fingerprint density at radius 2 is 2.16 bits per heavy atom. The van der Waals surface area contributed by atoms with Gasteiger partial charge in [-0.15, -0.1) is 11.8 Å². The third-order valence-electron chi connectivity index (χ3n) is 3.22. The first-order chi connectivity index (χ1) is 9.24. The molecule has 3 heteroatoms. The summed E-state index contributed by atoms with van der Waals surface area (Å²) in [6.07, 6.45) is 6.49. The van der Waals surface area contributed by atoms with Gasteiger partial charge in [0.2, 0.25) is 0 Å². The van der Waals surface area contributed by atoms with Gasteiger partial charge >= 0.3 is 5.97 Å². The van der Waals surface area contributed by atoms with Gasteiger partial charge in [0.1, 0.15) is 6.10 Å². The lowest BCUT2D eigenvalue weighted by molar-refractivity contribution is -0.144. The second-order valence-electron chi connectivity index (χ2n) is 4.99. The summed E-state index contributed by atoms with van der Waals surface area (Å²) in [6, 6.07) is 10.5. The molecule has 0 spiro atoms. The molecule has 2 nitrogen and oxygen atoms in total. The Kier molecular flexibility index (Phi) is 5.52. The summed E-state index contributed by atoms with van der Waals surface area (Å²) in [5.41, 5.74) is 0. The zero-order valence-corrected chi connectivity index (χ0v) is 12.1. The van der Waals surface area contributed by atoms with E-state index in [9.17, 15) is 4.79 Å².